The molecule has 1 aliphatic heterocycles. The SMILES string of the molecule is C[C@@H]1CN(C(=O)c2cnn(-c3cccc(Br)c3)c2)c2cccnc2O1. The van der Waals surface area contributed by atoms with Gasteiger partial charge in [0.15, 0.2) is 0 Å². The zero-order valence-electron chi connectivity index (χ0n) is 13.5. The van der Waals surface area contributed by atoms with Gasteiger partial charge in [-0.2, -0.15) is 5.10 Å². The summed E-state index contributed by atoms with van der Waals surface area (Å²) in [6, 6.07) is 11.4. The van der Waals surface area contributed by atoms with Crippen LogP contribution in [-0.4, -0.2) is 33.3 Å². The van der Waals surface area contributed by atoms with Gasteiger partial charge < -0.3 is 4.74 Å². The van der Waals surface area contributed by atoms with Crippen molar-refractivity contribution in [3.05, 3.63) is 65.0 Å². The summed E-state index contributed by atoms with van der Waals surface area (Å²) in [7, 11) is 0. The van der Waals surface area contributed by atoms with Crippen LogP contribution in [0.25, 0.3) is 5.69 Å². The maximum Gasteiger partial charge on any atom is 0.261 e. The fourth-order valence-electron chi connectivity index (χ4n) is 2.80. The van der Waals surface area contributed by atoms with Crippen LogP contribution in [0.5, 0.6) is 5.88 Å². The van der Waals surface area contributed by atoms with E-state index in [0.29, 0.717) is 23.7 Å². The molecular formula is C18H15BrN4O2. The van der Waals surface area contributed by atoms with Crippen molar-refractivity contribution in [3.8, 4) is 11.6 Å². The first-order chi connectivity index (χ1) is 12.1. The van der Waals surface area contributed by atoms with Gasteiger partial charge in [-0.3, -0.25) is 9.69 Å². The second-order valence-corrected chi connectivity index (χ2v) is 6.74. The van der Waals surface area contributed by atoms with Crippen LogP contribution in [0.1, 0.15) is 17.3 Å². The molecule has 7 heteroatoms. The highest BCUT2D eigenvalue weighted by Gasteiger charge is 2.29. The number of carbonyl (C=O) groups excluding carboxylic acids is 1. The van der Waals surface area contributed by atoms with E-state index in [1.165, 1.54) is 0 Å². The van der Waals surface area contributed by atoms with Crippen molar-refractivity contribution in [3.63, 3.8) is 0 Å². The molecule has 0 unspecified atom stereocenters. The molecule has 1 aliphatic rings. The standard InChI is InChI=1S/C18H15BrN4O2/c1-12-10-22(16-6-3-7-20-17(16)25-12)18(24)13-9-21-23(11-13)15-5-2-4-14(19)8-15/h2-9,11-12H,10H2,1H3/t12-/m1/s1. The Morgan fingerprint density at radius 2 is 2.20 bits per heavy atom. The molecule has 0 fully saturated rings. The molecule has 0 N–H and O–H groups in total. The monoisotopic (exact) mass is 398 g/mol. The van der Waals surface area contributed by atoms with Crippen molar-refractivity contribution in [1.29, 1.82) is 0 Å². The summed E-state index contributed by atoms with van der Waals surface area (Å²) in [5.74, 6) is 0.361. The summed E-state index contributed by atoms with van der Waals surface area (Å²) in [6.07, 6.45) is 4.86. The van der Waals surface area contributed by atoms with E-state index >= 15 is 0 Å². The number of benzene rings is 1. The van der Waals surface area contributed by atoms with E-state index in [4.69, 9.17) is 4.74 Å². The molecule has 0 bridgehead atoms. The first-order valence-electron chi connectivity index (χ1n) is 7.86. The van der Waals surface area contributed by atoms with E-state index in [0.717, 1.165) is 10.2 Å². The quantitative estimate of drug-likeness (QED) is 0.662. The molecule has 6 nitrogen and oxygen atoms in total. The number of halogens is 1. The Morgan fingerprint density at radius 3 is 3.04 bits per heavy atom. The third-order valence-corrected chi connectivity index (χ3v) is 4.44. The molecule has 3 aromatic rings. The van der Waals surface area contributed by atoms with Gasteiger partial charge in [0, 0.05) is 16.9 Å². The summed E-state index contributed by atoms with van der Waals surface area (Å²) in [5.41, 5.74) is 2.08. The molecule has 0 radical (unpaired) electrons. The fraction of sp³-hybridized carbons (Fsp3) is 0.167. The van der Waals surface area contributed by atoms with Gasteiger partial charge in [-0.15, -0.1) is 0 Å². The normalized spacial score (nSPS) is 16.2. The smallest absolute Gasteiger partial charge is 0.261 e. The van der Waals surface area contributed by atoms with Gasteiger partial charge in [0.25, 0.3) is 5.91 Å². The average molecular weight is 399 g/mol. The van der Waals surface area contributed by atoms with Gasteiger partial charge in [-0.1, -0.05) is 22.0 Å². The van der Waals surface area contributed by atoms with Gasteiger partial charge in [0.1, 0.15) is 11.8 Å². The molecule has 0 aliphatic carbocycles. The lowest BCUT2D eigenvalue weighted by Crippen LogP contribution is -2.42. The van der Waals surface area contributed by atoms with E-state index in [1.54, 1.807) is 34.2 Å². The molecule has 2 aromatic heterocycles. The summed E-state index contributed by atoms with van der Waals surface area (Å²) < 4.78 is 8.35. The Bertz CT molecular complexity index is 940. The van der Waals surface area contributed by atoms with Crippen LogP contribution in [0.3, 0.4) is 0 Å². The van der Waals surface area contributed by atoms with E-state index in [2.05, 4.69) is 26.0 Å². The number of rotatable bonds is 2. The minimum Gasteiger partial charge on any atom is -0.471 e. The van der Waals surface area contributed by atoms with Crippen molar-refractivity contribution < 1.29 is 9.53 Å². The molecule has 0 spiro atoms. The Kier molecular flexibility index (Phi) is 4.01. The second-order valence-electron chi connectivity index (χ2n) is 5.83. The lowest BCUT2D eigenvalue weighted by Gasteiger charge is -2.32. The molecule has 126 valence electrons. The lowest BCUT2D eigenvalue weighted by atomic mass is 10.2. The second kappa shape index (κ2) is 6.33. The zero-order chi connectivity index (χ0) is 17.4. The van der Waals surface area contributed by atoms with Gasteiger partial charge >= 0.3 is 0 Å². The highest BCUT2D eigenvalue weighted by molar-refractivity contribution is 9.10. The number of fused-ring (bicyclic) bond motifs is 1. The maximum absolute atomic E-state index is 13.0. The number of nitrogens with zero attached hydrogens (tertiary/aromatic N) is 4. The van der Waals surface area contributed by atoms with Gasteiger partial charge in [-0.05, 0) is 37.3 Å². The molecule has 4 rings (SSSR count). The number of hydrogen-bond acceptors (Lipinski definition) is 4. The van der Waals surface area contributed by atoms with Crippen LogP contribution in [-0.2, 0) is 0 Å². The minimum atomic E-state index is -0.120. The zero-order valence-corrected chi connectivity index (χ0v) is 15.0. The molecule has 0 saturated heterocycles. The predicted octanol–water partition coefficient (Wildman–Crippen LogP) is 3.46. The van der Waals surface area contributed by atoms with Crippen LogP contribution < -0.4 is 9.64 Å². The van der Waals surface area contributed by atoms with Crippen LogP contribution in [0.15, 0.2) is 59.5 Å². The number of ether oxygens (including phenoxy) is 1. The number of anilines is 1. The van der Waals surface area contributed by atoms with E-state index in [9.17, 15) is 4.79 Å². The van der Waals surface area contributed by atoms with E-state index < -0.39 is 0 Å². The third-order valence-electron chi connectivity index (χ3n) is 3.94. The maximum atomic E-state index is 13.0. The third kappa shape index (κ3) is 3.02. The average Bonchev–Trinajstić information content (AvgIpc) is 3.10. The number of pyridine rings is 1. The first kappa shape index (κ1) is 15.8. The Balaban J connectivity index is 1.66. The highest BCUT2D eigenvalue weighted by atomic mass is 79.9. The largest absolute Gasteiger partial charge is 0.471 e. The number of carbonyl (C=O) groups is 1. The molecule has 25 heavy (non-hydrogen) atoms. The molecule has 1 amide bonds. The molecule has 1 aromatic carbocycles. The predicted molar refractivity (Wildman–Crippen MR) is 97.3 cm³/mol. The van der Waals surface area contributed by atoms with Gasteiger partial charge in [0.05, 0.1) is 24.0 Å². The van der Waals surface area contributed by atoms with Crippen LogP contribution in [0.2, 0.25) is 0 Å². The fourth-order valence-corrected chi connectivity index (χ4v) is 3.19. The van der Waals surface area contributed by atoms with Gasteiger partial charge in [0.2, 0.25) is 5.88 Å². The summed E-state index contributed by atoms with van der Waals surface area (Å²) >= 11 is 3.45. The van der Waals surface area contributed by atoms with Crippen molar-refractivity contribution in [2.75, 3.05) is 11.4 Å². The number of aromatic nitrogens is 3. The van der Waals surface area contributed by atoms with Crippen LogP contribution in [0, 0.1) is 0 Å². The molecular weight excluding hydrogens is 384 g/mol. The number of hydrogen-bond donors (Lipinski definition) is 0. The van der Waals surface area contributed by atoms with E-state index in [1.807, 2.05) is 37.3 Å². The van der Waals surface area contributed by atoms with Crippen molar-refractivity contribution in [2.24, 2.45) is 0 Å². The van der Waals surface area contributed by atoms with E-state index in [-0.39, 0.29) is 12.0 Å². The summed E-state index contributed by atoms with van der Waals surface area (Å²) in [6.45, 7) is 2.39. The molecule has 3 heterocycles. The summed E-state index contributed by atoms with van der Waals surface area (Å²) in [4.78, 5) is 18.9. The molecule has 1 atom stereocenters. The van der Waals surface area contributed by atoms with Crippen molar-refractivity contribution in [1.82, 2.24) is 14.8 Å². The Morgan fingerprint density at radius 1 is 1.32 bits per heavy atom. The van der Waals surface area contributed by atoms with Crippen LogP contribution >= 0.6 is 15.9 Å². The lowest BCUT2D eigenvalue weighted by molar-refractivity contribution is 0.0958. The summed E-state index contributed by atoms with van der Waals surface area (Å²) in [5, 5.41) is 4.32. The Hall–Kier alpha value is -2.67. The van der Waals surface area contributed by atoms with Crippen molar-refractivity contribution in [2.45, 2.75) is 13.0 Å². The first-order valence-corrected chi connectivity index (χ1v) is 8.65. The number of amides is 1. The van der Waals surface area contributed by atoms with Crippen LogP contribution in [0.4, 0.5) is 5.69 Å². The Labute approximate surface area is 153 Å². The highest BCUT2D eigenvalue weighted by Crippen LogP contribution is 2.31. The van der Waals surface area contributed by atoms with Crippen molar-refractivity contribution >= 4 is 27.5 Å². The minimum absolute atomic E-state index is 0.119. The van der Waals surface area contributed by atoms with Gasteiger partial charge in [-0.25, -0.2) is 9.67 Å². The molecule has 0 saturated carbocycles. The topological polar surface area (TPSA) is 60.2 Å².